The lowest BCUT2D eigenvalue weighted by Crippen LogP contribution is -2.18. The topological polar surface area (TPSA) is 110 Å². The Morgan fingerprint density at radius 3 is 2.59 bits per heavy atom. The first kappa shape index (κ1) is 29.5. The van der Waals surface area contributed by atoms with Gasteiger partial charge in [-0.15, -0.1) is 0 Å². The van der Waals surface area contributed by atoms with Gasteiger partial charge in [0.1, 0.15) is 29.9 Å². The third-order valence-electron chi connectivity index (χ3n) is 8.75. The maximum absolute atomic E-state index is 15.6. The maximum Gasteiger partial charge on any atom is 0.335 e. The van der Waals surface area contributed by atoms with E-state index in [-0.39, 0.29) is 63.9 Å². The van der Waals surface area contributed by atoms with Crippen LogP contribution in [0.2, 0.25) is 0 Å². The minimum atomic E-state index is -1.07. The van der Waals surface area contributed by atoms with Crippen LogP contribution in [0.15, 0.2) is 66.7 Å². The van der Waals surface area contributed by atoms with Gasteiger partial charge in [-0.05, 0) is 78.8 Å². The van der Waals surface area contributed by atoms with Crippen LogP contribution >= 0.6 is 0 Å². The first-order valence-corrected chi connectivity index (χ1v) is 14.8. The largest absolute Gasteiger partial charge is 0.478 e. The van der Waals surface area contributed by atoms with Crippen LogP contribution in [-0.4, -0.2) is 38.3 Å². The van der Waals surface area contributed by atoms with Gasteiger partial charge < -0.3 is 19.1 Å². The van der Waals surface area contributed by atoms with Crippen LogP contribution in [0.3, 0.4) is 0 Å². The smallest absolute Gasteiger partial charge is 0.335 e. The standard InChI is InChI=1S/C35H27F3N4O4/c36-26-10-20(16-39)4-5-22(26)18-45-33-3-1-2-29(41-33)25-14-27(37)23(11-28(25)38)13-32-40-30-7-6-21(34(43)44)12-31(30)42(32)17-24-15-35(8-9-35)19-46-24/h1-7,10-12,14,24H,8-9,13,15,17-19H2,(H,43,44). The Morgan fingerprint density at radius 2 is 1.85 bits per heavy atom. The molecule has 8 nitrogen and oxygen atoms in total. The van der Waals surface area contributed by atoms with E-state index in [1.807, 2.05) is 10.6 Å². The molecular weight excluding hydrogens is 597 g/mol. The number of imidazole rings is 1. The van der Waals surface area contributed by atoms with Crippen molar-refractivity contribution in [1.82, 2.24) is 14.5 Å². The van der Waals surface area contributed by atoms with Gasteiger partial charge >= 0.3 is 5.97 Å². The number of ether oxygens (including phenoxy) is 2. The number of rotatable bonds is 9. The molecule has 7 rings (SSSR count). The Hall–Kier alpha value is -5.21. The second-order valence-electron chi connectivity index (χ2n) is 12.0. The zero-order chi connectivity index (χ0) is 32.0. The quantitative estimate of drug-likeness (QED) is 0.192. The summed E-state index contributed by atoms with van der Waals surface area (Å²) in [4.78, 5) is 20.7. The summed E-state index contributed by atoms with van der Waals surface area (Å²) < 4.78 is 59.0. The minimum Gasteiger partial charge on any atom is -0.478 e. The first-order valence-electron chi connectivity index (χ1n) is 14.8. The van der Waals surface area contributed by atoms with E-state index in [9.17, 15) is 14.3 Å². The predicted octanol–water partition coefficient (Wildman–Crippen LogP) is 6.82. The number of aromatic nitrogens is 3. The number of hydrogen-bond acceptors (Lipinski definition) is 6. The highest BCUT2D eigenvalue weighted by Crippen LogP contribution is 2.54. The third kappa shape index (κ3) is 5.79. The molecule has 1 saturated carbocycles. The van der Waals surface area contributed by atoms with Gasteiger partial charge in [-0.1, -0.05) is 12.1 Å². The van der Waals surface area contributed by atoms with E-state index in [1.54, 1.807) is 18.2 Å². The van der Waals surface area contributed by atoms with Gasteiger partial charge in [0.25, 0.3) is 0 Å². The number of nitriles is 1. The summed E-state index contributed by atoms with van der Waals surface area (Å²) in [5.74, 6) is -2.49. The van der Waals surface area contributed by atoms with Gasteiger partial charge in [-0.25, -0.2) is 27.9 Å². The number of nitrogens with zero attached hydrogens (tertiary/aromatic N) is 4. The third-order valence-corrected chi connectivity index (χ3v) is 8.75. The summed E-state index contributed by atoms with van der Waals surface area (Å²) in [5.41, 5.74) is 2.00. The van der Waals surface area contributed by atoms with Crippen LogP contribution in [-0.2, 0) is 24.3 Å². The second-order valence-corrected chi connectivity index (χ2v) is 12.0. The first-order chi connectivity index (χ1) is 22.2. The Bertz CT molecular complexity index is 2050. The number of fused-ring (bicyclic) bond motifs is 1. The molecule has 1 unspecified atom stereocenters. The van der Waals surface area contributed by atoms with Gasteiger partial charge in [-0.2, -0.15) is 5.26 Å². The Kier molecular flexibility index (Phi) is 7.45. The molecule has 0 amide bonds. The van der Waals surface area contributed by atoms with Crippen molar-refractivity contribution in [2.24, 2.45) is 5.41 Å². The van der Waals surface area contributed by atoms with Crippen LogP contribution in [0.5, 0.6) is 5.88 Å². The van der Waals surface area contributed by atoms with Crippen molar-refractivity contribution >= 4 is 17.0 Å². The molecule has 2 aromatic heterocycles. The number of aromatic carboxylic acids is 1. The fraction of sp³-hybridized carbons (Fsp3) is 0.257. The highest BCUT2D eigenvalue weighted by atomic mass is 19.1. The molecule has 3 aromatic carbocycles. The van der Waals surface area contributed by atoms with E-state index < -0.39 is 23.4 Å². The lowest BCUT2D eigenvalue weighted by atomic mass is 10.0. The molecule has 1 saturated heterocycles. The molecule has 1 N–H and O–H groups in total. The number of carboxylic acids is 1. The number of carboxylic acid groups (broad SMARTS) is 1. The number of hydrogen-bond donors (Lipinski definition) is 1. The molecule has 2 aliphatic rings. The van der Waals surface area contributed by atoms with Crippen LogP contribution in [0.25, 0.3) is 22.3 Å². The van der Waals surface area contributed by atoms with Gasteiger partial charge in [0.15, 0.2) is 0 Å². The monoisotopic (exact) mass is 624 g/mol. The summed E-state index contributed by atoms with van der Waals surface area (Å²) in [6.45, 7) is 0.932. The fourth-order valence-electron chi connectivity index (χ4n) is 6.01. The molecule has 2 fully saturated rings. The molecule has 0 radical (unpaired) electrons. The summed E-state index contributed by atoms with van der Waals surface area (Å²) in [7, 11) is 0. The van der Waals surface area contributed by atoms with Gasteiger partial charge in [0.05, 0.1) is 53.2 Å². The van der Waals surface area contributed by atoms with E-state index in [0.717, 1.165) is 37.5 Å². The lowest BCUT2D eigenvalue weighted by Gasteiger charge is -2.15. The van der Waals surface area contributed by atoms with Gasteiger partial charge in [0, 0.05) is 23.6 Å². The maximum atomic E-state index is 15.6. The molecule has 1 atom stereocenters. The number of carbonyl (C=O) groups is 1. The highest BCUT2D eigenvalue weighted by molar-refractivity contribution is 5.92. The lowest BCUT2D eigenvalue weighted by molar-refractivity contribution is 0.0697. The molecular formula is C35H27F3N4O4. The zero-order valence-electron chi connectivity index (χ0n) is 24.5. The summed E-state index contributed by atoms with van der Waals surface area (Å²) in [6, 6.07) is 17.3. The molecule has 1 aliphatic carbocycles. The molecule has 1 aliphatic heterocycles. The van der Waals surface area contributed by atoms with Crippen molar-refractivity contribution in [3.63, 3.8) is 0 Å². The van der Waals surface area contributed by atoms with E-state index in [0.29, 0.717) is 30.0 Å². The average molecular weight is 625 g/mol. The molecule has 1 spiro atoms. The van der Waals surface area contributed by atoms with Crippen molar-refractivity contribution < 1.29 is 32.5 Å². The van der Waals surface area contributed by atoms with Crippen molar-refractivity contribution in [2.45, 2.75) is 44.9 Å². The summed E-state index contributed by atoms with van der Waals surface area (Å²) in [5, 5.41) is 18.5. The van der Waals surface area contributed by atoms with Crippen molar-refractivity contribution in [2.75, 3.05) is 6.61 Å². The van der Waals surface area contributed by atoms with Crippen molar-refractivity contribution in [3.05, 3.63) is 112 Å². The number of pyridine rings is 1. The highest BCUT2D eigenvalue weighted by Gasteiger charge is 2.49. The van der Waals surface area contributed by atoms with Crippen LogP contribution in [0.4, 0.5) is 13.2 Å². The average Bonchev–Trinajstić information content (AvgIpc) is 3.56. The molecule has 46 heavy (non-hydrogen) atoms. The van der Waals surface area contributed by atoms with Crippen molar-refractivity contribution in [1.29, 1.82) is 5.26 Å². The molecule has 5 aromatic rings. The fourth-order valence-corrected chi connectivity index (χ4v) is 6.01. The van der Waals surface area contributed by atoms with E-state index in [1.165, 1.54) is 30.3 Å². The molecule has 11 heteroatoms. The number of halogens is 3. The van der Waals surface area contributed by atoms with Crippen LogP contribution in [0.1, 0.15) is 52.1 Å². The summed E-state index contributed by atoms with van der Waals surface area (Å²) >= 11 is 0. The Morgan fingerprint density at radius 1 is 1.02 bits per heavy atom. The van der Waals surface area contributed by atoms with E-state index in [4.69, 9.17) is 14.7 Å². The van der Waals surface area contributed by atoms with Crippen molar-refractivity contribution in [3.8, 4) is 23.2 Å². The van der Waals surface area contributed by atoms with Gasteiger partial charge in [0.2, 0.25) is 5.88 Å². The summed E-state index contributed by atoms with van der Waals surface area (Å²) in [6.07, 6.45) is 3.01. The van der Waals surface area contributed by atoms with Crippen LogP contribution < -0.4 is 4.74 Å². The molecule has 232 valence electrons. The van der Waals surface area contributed by atoms with Gasteiger partial charge in [-0.3, -0.25) is 0 Å². The predicted molar refractivity (Wildman–Crippen MR) is 161 cm³/mol. The minimum absolute atomic E-state index is 0.0370. The number of benzene rings is 3. The Balaban J connectivity index is 1.15. The Labute approximate surface area is 261 Å². The molecule has 3 heterocycles. The van der Waals surface area contributed by atoms with Crippen LogP contribution in [0, 0.1) is 34.2 Å². The molecule has 0 bridgehead atoms. The van der Waals surface area contributed by atoms with E-state index >= 15 is 8.78 Å². The zero-order valence-corrected chi connectivity index (χ0v) is 24.5. The second kappa shape index (κ2) is 11.6. The normalized spacial score (nSPS) is 16.5. The SMILES string of the molecule is N#Cc1ccc(COc2cccc(-c3cc(F)c(Cc4nc5ccc(C(=O)O)cc5n4CC4CC5(CC5)CO4)cc3F)n2)c(F)c1. The van der Waals surface area contributed by atoms with E-state index in [2.05, 4.69) is 9.97 Å².